The van der Waals surface area contributed by atoms with Crippen LogP contribution in [0.2, 0.25) is 0 Å². The first kappa shape index (κ1) is 15.1. The highest BCUT2D eigenvalue weighted by atomic mass is 16.5. The van der Waals surface area contributed by atoms with Crippen molar-refractivity contribution < 1.29 is 9.53 Å². The van der Waals surface area contributed by atoms with E-state index in [1.54, 1.807) is 6.08 Å². The summed E-state index contributed by atoms with van der Waals surface area (Å²) in [5.74, 6) is 11.0. The van der Waals surface area contributed by atoms with Gasteiger partial charge in [-0.2, -0.15) is 0 Å². The van der Waals surface area contributed by atoms with Crippen LogP contribution in [0.25, 0.3) is 0 Å². The maximum atomic E-state index is 10.4. The van der Waals surface area contributed by atoms with Crippen LogP contribution in [0.1, 0.15) is 33.1 Å². The van der Waals surface area contributed by atoms with E-state index < -0.39 is 0 Å². The van der Waals surface area contributed by atoms with E-state index in [0.717, 1.165) is 12.8 Å². The van der Waals surface area contributed by atoms with Gasteiger partial charge in [-0.3, -0.25) is 4.79 Å². The molecule has 90 valence electrons. The van der Waals surface area contributed by atoms with E-state index in [1.807, 2.05) is 25.2 Å². The van der Waals surface area contributed by atoms with Crippen molar-refractivity contribution in [3.05, 3.63) is 24.3 Å². The lowest BCUT2D eigenvalue weighted by atomic mass is 10.3. The topological polar surface area (TPSA) is 26.3 Å². The Labute approximate surface area is 104 Å². The quantitative estimate of drug-likeness (QED) is 0.314. The number of hydrogen-bond donors (Lipinski definition) is 0. The molecule has 0 aromatic heterocycles. The monoisotopic (exact) mass is 230 g/mol. The van der Waals surface area contributed by atoms with Crippen LogP contribution in [-0.4, -0.2) is 12.6 Å². The summed E-state index contributed by atoms with van der Waals surface area (Å²) >= 11 is 0. The van der Waals surface area contributed by atoms with Crippen molar-refractivity contribution >= 4 is 5.97 Å². The number of esters is 1. The number of unbranched alkanes of at least 4 members (excludes halogenated alkanes) is 1. The Balaban J connectivity index is 3.49. The smallest absolute Gasteiger partial charge is 0.302 e. The summed E-state index contributed by atoms with van der Waals surface area (Å²) in [6, 6.07) is 0. The Bertz CT molecular complexity index is 381. The zero-order valence-corrected chi connectivity index (χ0v) is 10.5. The predicted molar refractivity (Wildman–Crippen MR) is 70.0 cm³/mol. The predicted octanol–water partition coefficient (Wildman–Crippen LogP) is 2.86. The van der Waals surface area contributed by atoms with Crippen LogP contribution >= 0.6 is 0 Å². The van der Waals surface area contributed by atoms with Crippen molar-refractivity contribution in [2.45, 2.75) is 33.1 Å². The van der Waals surface area contributed by atoms with Gasteiger partial charge in [0.05, 0.1) is 6.61 Å². The molecule has 17 heavy (non-hydrogen) atoms. The van der Waals surface area contributed by atoms with Gasteiger partial charge < -0.3 is 4.74 Å². The average molecular weight is 230 g/mol. The van der Waals surface area contributed by atoms with Crippen molar-refractivity contribution in [2.75, 3.05) is 6.61 Å². The molecule has 0 rings (SSSR count). The van der Waals surface area contributed by atoms with Gasteiger partial charge in [0.25, 0.3) is 0 Å². The molecule has 2 heteroatoms. The van der Waals surface area contributed by atoms with E-state index in [2.05, 4.69) is 23.7 Å². The molecule has 0 amide bonds. The molecule has 0 spiro atoms. The third kappa shape index (κ3) is 14.1. The molecule has 0 radical (unpaired) electrons. The van der Waals surface area contributed by atoms with Crippen LogP contribution in [0.15, 0.2) is 24.3 Å². The van der Waals surface area contributed by atoms with E-state index in [1.165, 1.54) is 6.92 Å². The normalized spacial score (nSPS) is 9.53. The lowest BCUT2D eigenvalue weighted by Crippen LogP contribution is -1.99. The second kappa shape index (κ2) is 12.1. The Kier molecular flexibility index (Phi) is 10.8. The van der Waals surface area contributed by atoms with E-state index in [4.69, 9.17) is 4.74 Å². The molecule has 0 aromatic carbocycles. The summed E-state index contributed by atoms with van der Waals surface area (Å²) in [7, 11) is 0. The Hall–Kier alpha value is -1.93. The standard InChI is InChI=1S/C15H18O2/c1-3-4-5-6-7-8-9-10-11-12-13-14-17-15(2)16/h3-4,10-11H,9,12-14H2,1-2H3. The first-order chi connectivity index (χ1) is 8.27. The van der Waals surface area contributed by atoms with Gasteiger partial charge in [-0.15, -0.1) is 0 Å². The minimum Gasteiger partial charge on any atom is -0.466 e. The second-order valence-corrected chi connectivity index (χ2v) is 3.23. The van der Waals surface area contributed by atoms with Gasteiger partial charge in [-0.1, -0.05) is 30.1 Å². The summed E-state index contributed by atoms with van der Waals surface area (Å²) in [6.07, 6.45) is 10.1. The molecule has 0 heterocycles. The molecule has 2 nitrogen and oxygen atoms in total. The maximum absolute atomic E-state index is 10.4. The SMILES string of the molecule is CC=CC#CC#CCC=CCCCOC(C)=O. The van der Waals surface area contributed by atoms with Crippen molar-refractivity contribution in [1.29, 1.82) is 0 Å². The zero-order valence-electron chi connectivity index (χ0n) is 10.5. The number of ether oxygens (including phenoxy) is 1. The van der Waals surface area contributed by atoms with E-state index in [9.17, 15) is 4.79 Å². The number of carbonyl (C=O) groups is 1. The Morgan fingerprint density at radius 2 is 2.12 bits per heavy atom. The number of hydrogen-bond acceptors (Lipinski definition) is 2. The van der Waals surface area contributed by atoms with Crippen LogP contribution < -0.4 is 0 Å². The third-order valence-electron chi connectivity index (χ3n) is 1.68. The van der Waals surface area contributed by atoms with E-state index in [-0.39, 0.29) is 5.97 Å². The molecule has 0 fully saturated rings. The Morgan fingerprint density at radius 1 is 1.29 bits per heavy atom. The summed E-state index contributed by atoms with van der Waals surface area (Å²) in [4.78, 5) is 10.4. The molecular weight excluding hydrogens is 212 g/mol. The van der Waals surface area contributed by atoms with Gasteiger partial charge >= 0.3 is 5.97 Å². The molecule has 0 aliphatic heterocycles. The zero-order chi connectivity index (χ0) is 12.8. The van der Waals surface area contributed by atoms with Crippen molar-refractivity contribution in [3.63, 3.8) is 0 Å². The second-order valence-electron chi connectivity index (χ2n) is 3.23. The number of allylic oxidation sites excluding steroid dienone is 4. The molecule has 0 bridgehead atoms. The van der Waals surface area contributed by atoms with Crippen LogP contribution in [0, 0.1) is 23.7 Å². The molecular formula is C15H18O2. The van der Waals surface area contributed by atoms with Gasteiger partial charge in [-0.05, 0) is 37.7 Å². The van der Waals surface area contributed by atoms with Crippen LogP contribution in [0.4, 0.5) is 0 Å². The van der Waals surface area contributed by atoms with Crippen LogP contribution in [-0.2, 0) is 9.53 Å². The van der Waals surface area contributed by atoms with Gasteiger partial charge in [-0.25, -0.2) is 0 Å². The molecule has 0 aromatic rings. The minimum atomic E-state index is -0.223. The summed E-state index contributed by atoms with van der Waals surface area (Å²) in [6.45, 7) is 3.82. The summed E-state index contributed by atoms with van der Waals surface area (Å²) in [5, 5.41) is 0. The minimum absolute atomic E-state index is 0.223. The molecule has 0 aliphatic carbocycles. The number of rotatable bonds is 5. The highest BCUT2D eigenvalue weighted by Gasteiger charge is 1.89. The highest BCUT2D eigenvalue weighted by molar-refractivity contribution is 5.65. The molecule has 0 atom stereocenters. The third-order valence-corrected chi connectivity index (χ3v) is 1.68. The molecule has 0 aliphatic rings. The summed E-state index contributed by atoms with van der Waals surface area (Å²) in [5.41, 5.74) is 0. The average Bonchev–Trinajstić information content (AvgIpc) is 2.30. The van der Waals surface area contributed by atoms with Gasteiger partial charge in [0, 0.05) is 13.3 Å². The first-order valence-corrected chi connectivity index (χ1v) is 5.65. The van der Waals surface area contributed by atoms with Gasteiger partial charge in [0.15, 0.2) is 0 Å². The molecule has 0 N–H and O–H groups in total. The fraction of sp³-hybridized carbons (Fsp3) is 0.400. The Morgan fingerprint density at radius 3 is 2.82 bits per heavy atom. The lowest BCUT2D eigenvalue weighted by Gasteiger charge is -1.97. The van der Waals surface area contributed by atoms with Crippen LogP contribution in [0.5, 0.6) is 0 Å². The largest absolute Gasteiger partial charge is 0.466 e. The van der Waals surface area contributed by atoms with Gasteiger partial charge in [0.1, 0.15) is 0 Å². The number of carbonyl (C=O) groups excluding carboxylic acids is 1. The van der Waals surface area contributed by atoms with Crippen molar-refractivity contribution in [3.8, 4) is 23.7 Å². The lowest BCUT2D eigenvalue weighted by molar-refractivity contribution is -0.141. The fourth-order valence-electron chi connectivity index (χ4n) is 0.934. The molecule has 0 saturated heterocycles. The van der Waals surface area contributed by atoms with Crippen LogP contribution in [0.3, 0.4) is 0 Å². The van der Waals surface area contributed by atoms with Gasteiger partial charge in [0.2, 0.25) is 0 Å². The van der Waals surface area contributed by atoms with E-state index >= 15 is 0 Å². The van der Waals surface area contributed by atoms with Crippen molar-refractivity contribution in [1.82, 2.24) is 0 Å². The highest BCUT2D eigenvalue weighted by Crippen LogP contribution is 1.93. The van der Waals surface area contributed by atoms with E-state index in [0.29, 0.717) is 13.0 Å². The van der Waals surface area contributed by atoms with Crippen molar-refractivity contribution in [2.24, 2.45) is 0 Å². The maximum Gasteiger partial charge on any atom is 0.302 e. The fourth-order valence-corrected chi connectivity index (χ4v) is 0.934. The summed E-state index contributed by atoms with van der Waals surface area (Å²) < 4.78 is 4.80. The molecule has 0 saturated carbocycles. The first-order valence-electron chi connectivity index (χ1n) is 5.65. The molecule has 0 unspecified atom stereocenters.